The van der Waals surface area contributed by atoms with Crippen molar-refractivity contribution in [2.75, 3.05) is 7.11 Å². The third-order valence-electron chi connectivity index (χ3n) is 3.87. The van der Waals surface area contributed by atoms with E-state index in [1.54, 1.807) is 36.4 Å². The minimum atomic E-state index is -0.363. The van der Waals surface area contributed by atoms with Crippen LogP contribution in [0.3, 0.4) is 0 Å². The van der Waals surface area contributed by atoms with Crippen LogP contribution in [-0.4, -0.2) is 36.9 Å². The summed E-state index contributed by atoms with van der Waals surface area (Å²) in [6, 6.07) is 7.76. The van der Waals surface area contributed by atoms with Gasteiger partial charge in [-0.2, -0.15) is 0 Å². The molecule has 0 spiro atoms. The molecule has 29 heavy (non-hydrogen) atoms. The van der Waals surface area contributed by atoms with Gasteiger partial charge in [-0.05, 0) is 53.6 Å². The second kappa shape index (κ2) is 10.3. The lowest BCUT2D eigenvalue weighted by atomic mass is 10.0. The van der Waals surface area contributed by atoms with Gasteiger partial charge in [-0.15, -0.1) is 0 Å². The second-order valence-electron chi connectivity index (χ2n) is 5.89. The first kappa shape index (κ1) is 21.2. The maximum absolute atomic E-state index is 11.9. The first-order chi connectivity index (χ1) is 14.0. The molecule has 0 bridgehead atoms. The van der Waals surface area contributed by atoms with E-state index in [1.165, 1.54) is 37.5 Å². The first-order valence-corrected chi connectivity index (χ1v) is 8.49. The van der Waals surface area contributed by atoms with Crippen molar-refractivity contribution in [1.82, 2.24) is 0 Å². The molecule has 0 amide bonds. The number of carbonyl (C=O) groups is 4. The van der Waals surface area contributed by atoms with E-state index in [0.29, 0.717) is 41.3 Å². The van der Waals surface area contributed by atoms with E-state index >= 15 is 0 Å². The number of aromatic hydroxyl groups is 1. The Morgan fingerprint density at radius 1 is 0.793 bits per heavy atom. The predicted octanol–water partition coefficient (Wildman–Crippen LogP) is 3.69. The molecule has 0 unspecified atom stereocenters. The number of ketones is 1. The van der Waals surface area contributed by atoms with Crippen LogP contribution in [0.5, 0.6) is 11.5 Å². The van der Waals surface area contributed by atoms with E-state index in [2.05, 4.69) is 0 Å². The van der Waals surface area contributed by atoms with E-state index < -0.39 is 0 Å². The lowest BCUT2D eigenvalue weighted by Crippen LogP contribution is -1.90. The molecule has 0 radical (unpaired) electrons. The first-order valence-electron chi connectivity index (χ1n) is 8.49. The predicted molar refractivity (Wildman–Crippen MR) is 109 cm³/mol. The number of carbonyl (C=O) groups excluding carboxylic acids is 4. The average Bonchev–Trinajstić information content (AvgIpc) is 2.75. The van der Waals surface area contributed by atoms with Crippen molar-refractivity contribution < 1.29 is 29.0 Å². The molecule has 0 aromatic heterocycles. The minimum absolute atomic E-state index is 0.00484. The molecule has 0 fully saturated rings. The third-order valence-corrected chi connectivity index (χ3v) is 3.87. The van der Waals surface area contributed by atoms with Gasteiger partial charge in [0.2, 0.25) is 0 Å². The quantitative estimate of drug-likeness (QED) is 0.398. The van der Waals surface area contributed by atoms with Crippen molar-refractivity contribution in [2.24, 2.45) is 0 Å². The topological polar surface area (TPSA) is 97.7 Å². The van der Waals surface area contributed by atoms with Gasteiger partial charge in [0.25, 0.3) is 0 Å². The zero-order chi connectivity index (χ0) is 21.2. The molecule has 146 valence electrons. The molecule has 2 rings (SSSR count). The number of allylic oxidation sites excluding steroid dienone is 4. The smallest absolute Gasteiger partial charge is 0.178 e. The molecule has 6 nitrogen and oxygen atoms in total. The summed E-state index contributed by atoms with van der Waals surface area (Å²) in [4.78, 5) is 44.8. The second-order valence-corrected chi connectivity index (χ2v) is 5.89. The summed E-state index contributed by atoms with van der Waals surface area (Å²) in [5, 5.41) is 9.70. The van der Waals surface area contributed by atoms with Crippen molar-refractivity contribution in [2.45, 2.75) is 0 Å². The van der Waals surface area contributed by atoms with Crippen LogP contribution in [-0.2, 0) is 4.79 Å². The highest BCUT2D eigenvalue weighted by molar-refractivity contribution is 6.02. The number of hydrogen-bond donors (Lipinski definition) is 1. The number of rotatable bonds is 9. The summed E-state index contributed by atoms with van der Waals surface area (Å²) in [5.74, 6) is -0.130. The molecule has 0 aliphatic carbocycles. The van der Waals surface area contributed by atoms with Crippen LogP contribution in [0.15, 0.2) is 54.6 Å². The van der Waals surface area contributed by atoms with E-state index in [4.69, 9.17) is 4.74 Å². The van der Waals surface area contributed by atoms with E-state index in [9.17, 15) is 24.3 Å². The number of hydrogen-bond acceptors (Lipinski definition) is 6. The summed E-state index contributed by atoms with van der Waals surface area (Å²) in [6.07, 6.45) is 10.5. The van der Waals surface area contributed by atoms with Crippen LogP contribution >= 0.6 is 0 Å². The number of ether oxygens (including phenoxy) is 1. The molecule has 0 aliphatic heterocycles. The number of phenols is 1. The van der Waals surface area contributed by atoms with Crippen LogP contribution in [0.2, 0.25) is 0 Å². The molecule has 0 saturated carbocycles. The fourth-order valence-corrected chi connectivity index (χ4v) is 2.46. The van der Waals surface area contributed by atoms with Crippen molar-refractivity contribution in [3.8, 4) is 11.5 Å². The van der Waals surface area contributed by atoms with Gasteiger partial charge >= 0.3 is 0 Å². The van der Waals surface area contributed by atoms with Crippen LogP contribution < -0.4 is 4.74 Å². The van der Waals surface area contributed by atoms with Crippen molar-refractivity contribution in [1.29, 1.82) is 0 Å². The van der Waals surface area contributed by atoms with Gasteiger partial charge in [-0.3, -0.25) is 19.2 Å². The van der Waals surface area contributed by atoms with E-state index in [1.807, 2.05) is 0 Å². The molecule has 2 aromatic rings. The van der Waals surface area contributed by atoms with E-state index in [0.717, 1.165) is 0 Å². The van der Waals surface area contributed by atoms with E-state index in [-0.39, 0.29) is 22.7 Å². The number of benzene rings is 2. The Kier molecular flexibility index (Phi) is 7.56. The fourth-order valence-electron chi connectivity index (χ4n) is 2.46. The van der Waals surface area contributed by atoms with Gasteiger partial charge < -0.3 is 9.84 Å². The average molecular weight is 390 g/mol. The Morgan fingerprint density at radius 2 is 1.41 bits per heavy atom. The summed E-state index contributed by atoms with van der Waals surface area (Å²) in [6.45, 7) is 0. The summed E-state index contributed by atoms with van der Waals surface area (Å²) >= 11 is 0. The number of methoxy groups -OCH3 is 1. The van der Waals surface area contributed by atoms with Crippen LogP contribution in [0.25, 0.3) is 12.2 Å². The highest BCUT2D eigenvalue weighted by Gasteiger charge is 2.07. The van der Waals surface area contributed by atoms with Gasteiger partial charge in [0.1, 0.15) is 17.8 Å². The van der Waals surface area contributed by atoms with Gasteiger partial charge in [0.15, 0.2) is 18.4 Å². The molecule has 6 heteroatoms. The molecular formula is C23H18O6. The molecule has 0 atom stereocenters. The Bertz CT molecular complexity index is 999. The number of phenolic OH excluding ortho intramolecular Hbond substituents is 1. The molecular weight excluding hydrogens is 372 g/mol. The maximum Gasteiger partial charge on any atom is 0.178 e. The zero-order valence-electron chi connectivity index (χ0n) is 15.6. The largest absolute Gasteiger partial charge is 0.506 e. The Hall–Kier alpha value is -4.06. The number of aldehydes is 3. The van der Waals surface area contributed by atoms with Gasteiger partial charge in [-0.25, -0.2) is 0 Å². The van der Waals surface area contributed by atoms with Crippen LogP contribution in [0.4, 0.5) is 0 Å². The third kappa shape index (κ3) is 5.97. The van der Waals surface area contributed by atoms with Gasteiger partial charge in [-0.1, -0.05) is 24.3 Å². The van der Waals surface area contributed by atoms with Crippen molar-refractivity contribution in [3.05, 3.63) is 82.5 Å². The Morgan fingerprint density at radius 3 is 2.00 bits per heavy atom. The molecule has 0 aliphatic rings. The Labute approximate surface area is 167 Å². The minimum Gasteiger partial charge on any atom is -0.506 e. The van der Waals surface area contributed by atoms with Crippen LogP contribution in [0.1, 0.15) is 42.2 Å². The molecule has 1 N–H and O–H groups in total. The van der Waals surface area contributed by atoms with Gasteiger partial charge in [0.05, 0.1) is 18.2 Å². The lowest BCUT2D eigenvalue weighted by Gasteiger charge is -2.02. The SMILES string of the molecule is COc1cc(C=O)cc(/C=C/C(=O)/C=C/C=C/c2cc(C=O)c(O)c(C=O)c2)c1. The lowest BCUT2D eigenvalue weighted by molar-refractivity contribution is -0.110. The van der Waals surface area contributed by atoms with Gasteiger partial charge in [0, 0.05) is 5.56 Å². The fraction of sp³-hybridized carbons (Fsp3) is 0.0435. The maximum atomic E-state index is 11.9. The summed E-state index contributed by atoms with van der Waals surface area (Å²) in [7, 11) is 1.49. The Balaban J connectivity index is 2.08. The zero-order valence-corrected chi connectivity index (χ0v) is 15.6. The summed E-state index contributed by atoms with van der Waals surface area (Å²) in [5.41, 5.74) is 1.62. The van der Waals surface area contributed by atoms with Crippen molar-refractivity contribution in [3.63, 3.8) is 0 Å². The molecule has 2 aromatic carbocycles. The summed E-state index contributed by atoms with van der Waals surface area (Å²) < 4.78 is 5.11. The standard InChI is InChI=1S/C23H18O6/c1-29-22-11-17(8-18(12-22)13-24)6-7-21(27)5-3-2-4-16-9-19(14-25)23(28)20(10-16)15-26/h2-15,28H,1H3/b4-2+,5-3+,7-6+. The normalized spacial score (nSPS) is 11.2. The molecule has 0 heterocycles. The van der Waals surface area contributed by atoms with Crippen LogP contribution in [0, 0.1) is 0 Å². The van der Waals surface area contributed by atoms with Crippen molar-refractivity contribution >= 4 is 36.8 Å². The highest BCUT2D eigenvalue weighted by Crippen LogP contribution is 2.22. The molecule has 0 saturated heterocycles. The highest BCUT2D eigenvalue weighted by atomic mass is 16.5. The monoisotopic (exact) mass is 390 g/mol.